The summed E-state index contributed by atoms with van der Waals surface area (Å²) in [7, 11) is 0. The molecule has 0 aromatic heterocycles. The topological polar surface area (TPSA) is 47.6 Å². The van der Waals surface area contributed by atoms with Crippen LogP contribution >= 0.6 is 0 Å². The van der Waals surface area contributed by atoms with E-state index in [1.54, 1.807) is 0 Å². The highest BCUT2D eigenvalue weighted by molar-refractivity contribution is 5.70. The molecule has 1 aromatic carbocycles. The Morgan fingerprint density at radius 2 is 1.86 bits per heavy atom. The molecule has 2 fully saturated rings. The van der Waals surface area contributed by atoms with Crippen molar-refractivity contribution in [3.8, 4) is 5.75 Å². The molecule has 1 amide bonds. The zero-order chi connectivity index (χ0) is 20.4. The van der Waals surface area contributed by atoms with Gasteiger partial charge in [0.15, 0.2) is 0 Å². The molecule has 1 aliphatic heterocycles. The minimum Gasteiger partial charge on any atom is -0.410 e. The lowest BCUT2D eigenvalue weighted by atomic mass is 9.65. The third-order valence-corrected chi connectivity index (χ3v) is 7.37. The Hall–Kier alpha value is -1.81. The minimum absolute atomic E-state index is 0.228. The summed E-state index contributed by atoms with van der Waals surface area (Å²) in [4.78, 5) is 12.1. The highest BCUT2D eigenvalue weighted by Crippen LogP contribution is 2.45. The molecule has 1 aromatic rings. The lowest BCUT2D eigenvalue weighted by Gasteiger charge is -2.47. The summed E-state index contributed by atoms with van der Waals surface area (Å²) >= 11 is 0. The Bertz CT molecular complexity index is 735. The number of carbonyl (C=O) groups is 1. The van der Waals surface area contributed by atoms with Gasteiger partial charge in [-0.05, 0) is 61.6 Å². The van der Waals surface area contributed by atoms with Crippen LogP contribution in [-0.4, -0.2) is 24.8 Å². The first-order chi connectivity index (χ1) is 14.0. The summed E-state index contributed by atoms with van der Waals surface area (Å²) in [5.74, 6) is 3.02. The van der Waals surface area contributed by atoms with Gasteiger partial charge in [-0.15, -0.1) is 0 Å². The largest absolute Gasteiger partial charge is 0.412 e. The quantitative estimate of drug-likeness (QED) is 0.681. The fourth-order valence-electron chi connectivity index (χ4n) is 5.74. The van der Waals surface area contributed by atoms with Gasteiger partial charge in [0.05, 0.1) is 12.7 Å². The van der Waals surface area contributed by atoms with E-state index >= 15 is 0 Å². The molecule has 0 unspecified atom stereocenters. The van der Waals surface area contributed by atoms with Gasteiger partial charge in [-0.1, -0.05) is 56.9 Å². The van der Waals surface area contributed by atoms with Crippen LogP contribution in [0.25, 0.3) is 0 Å². The smallest absolute Gasteiger partial charge is 0.410 e. The van der Waals surface area contributed by atoms with Crippen LogP contribution in [0.15, 0.2) is 35.9 Å². The van der Waals surface area contributed by atoms with E-state index in [1.165, 1.54) is 30.4 Å². The summed E-state index contributed by atoms with van der Waals surface area (Å²) in [5, 5.41) is 3.00. The average Bonchev–Trinajstić information content (AvgIpc) is 2.69. The van der Waals surface area contributed by atoms with Gasteiger partial charge in [0.1, 0.15) is 5.75 Å². The number of hydrogen-bond acceptors (Lipinski definition) is 3. The summed E-state index contributed by atoms with van der Waals surface area (Å²) in [6.07, 6.45) is 9.01. The summed E-state index contributed by atoms with van der Waals surface area (Å²) < 4.78 is 11.8. The number of hydrogen-bond donors (Lipinski definition) is 1. The van der Waals surface area contributed by atoms with Crippen molar-refractivity contribution in [3.63, 3.8) is 0 Å². The maximum atomic E-state index is 12.1. The Labute approximate surface area is 175 Å². The van der Waals surface area contributed by atoms with E-state index in [4.69, 9.17) is 9.47 Å². The standard InChI is InChI=1S/C25H35NO3/c1-16-13-17(2)24-18(3)22(16)15-28-23(24)14-19-9-11-21(12-10-19)29-25(27)26-20-7-5-4-6-8-20/h9-13,16,18,20,22-24H,4-8,14-15H2,1-3H3,(H,26,27)/t16-,18+,22-,23-,24+/m0/s1. The first-order valence-electron chi connectivity index (χ1n) is 11.4. The number of allylic oxidation sites excluding steroid dienone is 1. The molecule has 158 valence electrons. The average molecular weight is 398 g/mol. The molecular weight excluding hydrogens is 362 g/mol. The van der Waals surface area contributed by atoms with Crippen LogP contribution < -0.4 is 10.1 Å². The zero-order valence-corrected chi connectivity index (χ0v) is 18.0. The Kier molecular flexibility index (Phi) is 6.29. The second-order valence-electron chi connectivity index (χ2n) is 9.41. The Balaban J connectivity index is 1.33. The van der Waals surface area contributed by atoms with E-state index in [9.17, 15) is 4.79 Å². The first kappa shape index (κ1) is 20.5. The van der Waals surface area contributed by atoms with Crippen LogP contribution in [0, 0.1) is 23.7 Å². The normalized spacial score (nSPS) is 32.4. The van der Waals surface area contributed by atoms with Gasteiger partial charge in [-0.3, -0.25) is 0 Å². The molecule has 1 heterocycles. The van der Waals surface area contributed by atoms with Crippen LogP contribution in [0.3, 0.4) is 0 Å². The van der Waals surface area contributed by atoms with Crippen molar-refractivity contribution in [1.29, 1.82) is 0 Å². The molecule has 0 radical (unpaired) electrons. The summed E-state index contributed by atoms with van der Waals surface area (Å²) in [5.41, 5.74) is 2.71. The van der Waals surface area contributed by atoms with Crippen molar-refractivity contribution in [2.24, 2.45) is 23.7 Å². The van der Waals surface area contributed by atoms with Gasteiger partial charge in [0.2, 0.25) is 0 Å². The molecule has 3 aliphatic rings. The SMILES string of the molecule is CC1=C[C@H](C)[C@@H]2CO[C@@H](Cc3ccc(OC(=O)NC4CCCCC4)cc3)[C@H]1[C@@H]2C. The van der Waals surface area contributed by atoms with Crippen molar-refractivity contribution < 1.29 is 14.3 Å². The zero-order valence-electron chi connectivity index (χ0n) is 18.0. The molecule has 5 atom stereocenters. The van der Waals surface area contributed by atoms with Crippen molar-refractivity contribution in [3.05, 3.63) is 41.5 Å². The van der Waals surface area contributed by atoms with Gasteiger partial charge >= 0.3 is 6.09 Å². The third-order valence-electron chi connectivity index (χ3n) is 7.37. The Morgan fingerprint density at radius 3 is 2.59 bits per heavy atom. The fourth-order valence-corrected chi connectivity index (χ4v) is 5.74. The van der Waals surface area contributed by atoms with Crippen LogP contribution in [0.1, 0.15) is 58.4 Å². The van der Waals surface area contributed by atoms with E-state index in [0.29, 0.717) is 29.4 Å². The lowest BCUT2D eigenvalue weighted by molar-refractivity contribution is -0.0901. The molecule has 2 aliphatic carbocycles. The number of benzene rings is 1. The van der Waals surface area contributed by atoms with Gasteiger partial charge in [0.25, 0.3) is 0 Å². The van der Waals surface area contributed by atoms with E-state index in [0.717, 1.165) is 25.9 Å². The second kappa shape index (κ2) is 8.91. The number of fused-ring (bicyclic) bond motifs is 2. The Morgan fingerprint density at radius 1 is 1.14 bits per heavy atom. The van der Waals surface area contributed by atoms with Crippen molar-refractivity contribution in [2.45, 2.75) is 71.4 Å². The molecule has 4 rings (SSSR count). The third kappa shape index (κ3) is 4.69. The van der Waals surface area contributed by atoms with Gasteiger partial charge in [0, 0.05) is 12.0 Å². The van der Waals surface area contributed by atoms with E-state index < -0.39 is 0 Å². The number of rotatable bonds is 4. The highest BCUT2D eigenvalue weighted by Gasteiger charge is 2.43. The molecule has 1 saturated carbocycles. The maximum absolute atomic E-state index is 12.1. The highest BCUT2D eigenvalue weighted by atomic mass is 16.6. The van der Waals surface area contributed by atoms with Crippen LogP contribution in [-0.2, 0) is 11.2 Å². The number of ether oxygens (including phenoxy) is 2. The molecule has 1 saturated heterocycles. The molecule has 0 spiro atoms. The monoisotopic (exact) mass is 397 g/mol. The van der Waals surface area contributed by atoms with Crippen molar-refractivity contribution in [1.82, 2.24) is 5.32 Å². The second-order valence-corrected chi connectivity index (χ2v) is 9.41. The van der Waals surface area contributed by atoms with E-state index in [-0.39, 0.29) is 18.2 Å². The molecule has 29 heavy (non-hydrogen) atoms. The number of carbonyl (C=O) groups excluding carboxylic acids is 1. The number of amides is 1. The van der Waals surface area contributed by atoms with E-state index in [2.05, 4.69) is 44.3 Å². The lowest BCUT2D eigenvalue weighted by Crippen LogP contribution is -2.47. The molecular formula is C25H35NO3. The molecule has 4 heteroatoms. The molecule has 2 bridgehead atoms. The van der Waals surface area contributed by atoms with Crippen molar-refractivity contribution in [2.75, 3.05) is 6.61 Å². The maximum Gasteiger partial charge on any atom is 0.412 e. The van der Waals surface area contributed by atoms with Gasteiger partial charge in [-0.25, -0.2) is 4.79 Å². The van der Waals surface area contributed by atoms with Gasteiger partial charge < -0.3 is 14.8 Å². The summed E-state index contributed by atoms with van der Waals surface area (Å²) in [6.45, 7) is 7.82. The summed E-state index contributed by atoms with van der Waals surface area (Å²) in [6, 6.07) is 8.19. The van der Waals surface area contributed by atoms with Crippen LogP contribution in [0.2, 0.25) is 0 Å². The molecule has 4 nitrogen and oxygen atoms in total. The predicted octanol–water partition coefficient (Wildman–Crippen LogP) is 5.51. The van der Waals surface area contributed by atoms with Crippen molar-refractivity contribution >= 4 is 6.09 Å². The van der Waals surface area contributed by atoms with Gasteiger partial charge in [-0.2, -0.15) is 0 Å². The minimum atomic E-state index is -0.336. The fraction of sp³-hybridized carbons (Fsp3) is 0.640. The predicted molar refractivity (Wildman–Crippen MR) is 115 cm³/mol. The number of nitrogens with one attached hydrogen (secondary N) is 1. The van der Waals surface area contributed by atoms with E-state index in [1.807, 2.05) is 12.1 Å². The van der Waals surface area contributed by atoms with Crippen LogP contribution in [0.4, 0.5) is 4.79 Å². The first-order valence-corrected chi connectivity index (χ1v) is 11.4. The van der Waals surface area contributed by atoms with Crippen LogP contribution in [0.5, 0.6) is 5.75 Å². The molecule has 1 N–H and O–H groups in total.